The Balaban J connectivity index is 2.52. The van der Waals surface area contributed by atoms with Crippen molar-refractivity contribution in [3.8, 4) is 0 Å². The van der Waals surface area contributed by atoms with E-state index in [2.05, 4.69) is 0 Å². The van der Waals surface area contributed by atoms with Gasteiger partial charge in [-0.3, -0.25) is 4.79 Å². The molecule has 3 atom stereocenters. The van der Waals surface area contributed by atoms with Crippen molar-refractivity contribution < 1.29 is 14.3 Å². The molecule has 2 N–H and O–H groups in total. The van der Waals surface area contributed by atoms with Crippen LogP contribution in [0.1, 0.15) is 47.0 Å². The Morgan fingerprint density at radius 3 is 2.59 bits per heavy atom. The fourth-order valence-corrected chi connectivity index (χ4v) is 2.17. The van der Waals surface area contributed by atoms with E-state index in [0.29, 0.717) is 6.42 Å². The highest BCUT2D eigenvalue weighted by Crippen LogP contribution is 2.26. The van der Waals surface area contributed by atoms with Gasteiger partial charge in [0.15, 0.2) is 0 Å². The van der Waals surface area contributed by atoms with Crippen LogP contribution in [0.15, 0.2) is 0 Å². The normalized spacial score (nSPS) is 24.4. The second-order valence-electron chi connectivity index (χ2n) is 5.87. The maximum Gasteiger partial charge on any atom is 0.306 e. The molecule has 17 heavy (non-hydrogen) atoms. The van der Waals surface area contributed by atoms with Crippen molar-refractivity contribution in [1.82, 2.24) is 0 Å². The molecule has 0 bridgehead atoms. The van der Waals surface area contributed by atoms with E-state index in [1.54, 1.807) is 0 Å². The van der Waals surface area contributed by atoms with Crippen molar-refractivity contribution in [1.29, 1.82) is 0 Å². The van der Waals surface area contributed by atoms with Gasteiger partial charge < -0.3 is 15.2 Å². The lowest BCUT2D eigenvalue weighted by Gasteiger charge is -2.27. The summed E-state index contributed by atoms with van der Waals surface area (Å²) in [5.74, 6) is -0.123. The molecule has 0 aliphatic carbocycles. The van der Waals surface area contributed by atoms with Crippen LogP contribution in [0.4, 0.5) is 0 Å². The number of rotatable bonds is 4. The van der Waals surface area contributed by atoms with Crippen molar-refractivity contribution in [3.63, 3.8) is 0 Å². The molecule has 1 aliphatic heterocycles. The summed E-state index contributed by atoms with van der Waals surface area (Å²) < 4.78 is 10.9. The third kappa shape index (κ3) is 5.04. The summed E-state index contributed by atoms with van der Waals surface area (Å²) in [7, 11) is 0. The van der Waals surface area contributed by atoms with E-state index in [0.717, 1.165) is 19.4 Å². The van der Waals surface area contributed by atoms with Gasteiger partial charge in [0.2, 0.25) is 0 Å². The molecular formula is C13H25NO3. The van der Waals surface area contributed by atoms with Gasteiger partial charge in [0.25, 0.3) is 0 Å². The minimum Gasteiger partial charge on any atom is -0.460 e. The zero-order valence-electron chi connectivity index (χ0n) is 11.4. The third-order valence-electron chi connectivity index (χ3n) is 2.94. The van der Waals surface area contributed by atoms with Crippen molar-refractivity contribution in [2.75, 3.05) is 6.61 Å². The molecule has 1 aliphatic rings. The molecule has 100 valence electrons. The summed E-state index contributed by atoms with van der Waals surface area (Å²) >= 11 is 0. The standard InChI is InChI=1S/C13H25NO3/c1-9(14)10(11-6-5-7-16-11)8-12(15)17-13(2,3)4/h9-11H,5-8,14H2,1-4H3/t9-,10-,11-/m0/s1. The second kappa shape index (κ2) is 5.83. The molecule has 1 saturated heterocycles. The Kier molecular flexibility index (Phi) is 4.95. The predicted octanol–water partition coefficient (Wildman–Crippen LogP) is 1.86. The number of esters is 1. The number of ether oxygens (including phenoxy) is 2. The fraction of sp³-hybridized carbons (Fsp3) is 0.923. The van der Waals surface area contributed by atoms with Gasteiger partial charge in [0.1, 0.15) is 5.60 Å². The Bertz CT molecular complexity index is 252. The lowest BCUT2D eigenvalue weighted by molar-refractivity contribution is -0.157. The van der Waals surface area contributed by atoms with Crippen molar-refractivity contribution >= 4 is 5.97 Å². The first-order valence-electron chi connectivity index (χ1n) is 6.38. The molecular weight excluding hydrogens is 218 g/mol. The van der Waals surface area contributed by atoms with Crippen LogP contribution in [-0.2, 0) is 14.3 Å². The molecule has 0 spiro atoms. The second-order valence-corrected chi connectivity index (χ2v) is 5.87. The third-order valence-corrected chi connectivity index (χ3v) is 2.94. The first kappa shape index (κ1) is 14.5. The highest BCUT2D eigenvalue weighted by molar-refractivity contribution is 5.70. The van der Waals surface area contributed by atoms with E-state index in [4.69, 9.17) is 15.2 Å². The van der Waals surface area contributed by atoms with Gasteiger partial charge in [-0.05, 0) is 40.5 Å². The van der Waals surface area contributed by atoms with Crippen LogP contribution in [0.5, 0.6) is 0 Å². The van der Waals surface area contributed by atoms with Gasteiger partial charge in [-0.25, -0.2) is 0 Å². The minimum absolute atomic E-state index is 0.0504. The molecule has 0 aromatic heterocycles. The summed E-state index contributed by atoms with van der Waals surface area (Å²) in [5, 5.41) is 0. The molecule has 0 aromatic rings. The van der Waals surface area contributed by atoms with Crippen LogP contribution in [0.3, 0.4) is 0 Å². The van der Waals surface area contributed by atoms with E-state index in [-0.39, 0.29) is 24.0 Å². The smallest absolute Gasteiger partial charge is 0.306 e. The first-order valence-corrected chi connectivity index (χ1v) is 6.38. The van der Waals surface area contributed by atoms with Crippen molar-refractivity contribution in [3.05, 3.63) is 0 Å². The van der Waals surface area contributed by atoms with Crippen molar-refractivity contribution in [2.45, 2.75) is 64.7 Å². The van der Waals surface area contributed by atoms with E-state index in [1.807, 2.05) is 27.7 Å². The van der Waals surface area contributed by atoms with Crippen LogP contribution in [-0.4, -0.2) is 30.3 Å². The van der Waals surface area contributed by atoms with Crippen LogP contribution < -0.4 is 5.73 Å². The van der Waals surface area contributed by atoms with Crippen LogP contribution in [0, 0.1) is 5.92 Å². The Labute approximate surface area is 104 Å². The summed E-state index contributed by atoms with van der Waals surface area (Å²) in [6, 6.07) is -0.0504. The number of hydrogen-bond acceptors (Lipinski definition) is 4. The van der Waals surface area contributed by atoms with Gasteiger partial charge in [0, 0.05) is 18.6 Å². The molecule has 0 unspecified atom stereocenters. The molecule has 1 heterocycles. The minimum atomic E-state index is -0.435. The SMILES string of the molecule is C[C@H](N)[C@H](CC(=O)OC(C)(C)C)[C@@H]1CCCO1. The van der Waals surface area contributed by atoms with E-state index >= 15 is 0 Å². The van der Waals surface area contributed by atoms with Gasteiger partial charge in [-0.15, -0.1) is 0 Å². The van der Waals surface area contributed by atoms with Crippen LogP contribution in [0.25, 0.3) is 0 Å². The molecule has 0 saturated carbocycles. The molecule has 1 rings (SSSR count). The zero-order valence-corrected chi connectivity index (χ0v) is 11.4. The highest BCUT2D eigenvalue weighted by Gasteiger charge is 2.32. The summed E-state index contributed by atoms with van der Waals surface area (Å²) in [6.45, 7) is 8.33. The lowest BCUT2D eigenvalue weighted by atomic mass is 9.90. The summed E-state index contributed by atoms with van der Waals surface area (Å²) in [5.41, 5.74) is 5.51. The van der Waals surface area contributed by atoms with Crippen molar-refractivity contribution in [2.24, 2.45) is 11.7 Å². The number of hydrogen-bond donors (Lipinski definition) is 1. The molecule has 0 radical (unpaired) electrons. The summed E-state index contributed by atoms with van der Waals surface area (Å²) in [4.78, 5) is 11.8. The largest absolute Gasteiger partial charge is 0.460 e. The van der Waals surface area contributed by atoms with Crippen LogP contribution in [0.2, 0.25) is 0 Å². The maximum absolute atomic E-state index is 11.8. The molecule has 4 heteroatoms. The van der Waals surface area contributed by atoms with Gasteiger partial charge in [0.05, 0.1) is 12.5 Å². The lowest BCUT2D eigenvalue weighted by Crippen LogP contribution is -2.38. The summed E-state index contributed by atoms with van der Waals surface area (Å²) in [6.07, 6.45) is 2.51. The molecule has 4 nitrogen and oxygen atoms in total. The Hall–Kier alpha value is -0.610. The molecule has 0 amide bonds. The first-order chi connectivity index (χ1) is 7.79. The number of nitrogens with two attached hydrogens (primary N) is 1. The molecule has 0 aromatic carbocycles. The van der Waals surface area contributed by atoms with E-state index < -0.39 is 5.60 Å². The van der Waals surface area contributed by atoms with Crippen LogP contribution >= 0.6 is 0 Å². The number of carbonyl (C=O) groups excluding carboxylic acids is 1. The van der Waals surface area contributed by atoms with E-state index in [9.17, 15) is 4.79 Å². The monoisotopic (exact) mass is 243 g/mol. The zero-order chi connectivity index (χ0) is 13.1. The molecule has 1 fully saturated rings. The Morgan fingerprint density at radius 1 is 1.53 bits per heavy atom. The van der Waals surface area contributed by atoms with Gasteiger partial charge in [-0.2, -0.15) is 0 Å². The van der Waals surface area contributed by atoms with Gasteiger partial charge >= 0.3 is 5.97 Å². The van der Waals surface area contributed by atoms with E-state index in [1.165, 1.54) is 0 Å². The average molecular weight is 243 g/mol. The quantitative estimate of drug-likeness (QED) is 0.766. The van der Waals surface area contributed by atoms with Gasteiger partial charge in [-0.1, -0.05) is 0 Å². The topological polar surface area (TPSA) is 61.6 Å². The average Bonchev–Trinajstić information content (AvgIpc) is 2.63. The Morgan fingerprint density at radius 2 is 2.18 bits per heavy atom. The highest BCUT2D eigenvalue weighted by atomic mass is 16.6. The fourth-order valence-electron chi connectivity index (χ4n) is 2.17. The predicted molar refractivity (Wildman–Crippen MR) is 66.6 cm³/mol. The number of carbonyl (C=O) groups is 1. The maximum atomic E-state index is 11.8.